The van der Waals surface area contributed by atoms with E-state index in [1.807, 2.05) is 24.3 Å². The van der Waals surface area contributed by atoms with Crippen LogP contribution >= 0.6 is 15.9 Å². The summed E-state index contributed by atoms with van der Waals surface area (Å²) in [5.41, 5.74) is 2.13. The molecule has 0 aliphatic heterocycles. The van der Waals surface area contributed by atoms with Gasteiger partial charge in [0.2, 0.25) is 0 Å². The zero-order valence-electron chi connectivity index (χ0n) is 11.0. The van der Waals surface area contributed by atoms with Crippen molar-refractivity contribution in [3.8, 4) is 0 Å². The number of benzene rings is 2. The van der Waals surface area contributed by atoms with Gasteiger partial charge in [-0.3, -0.25) is 0 Å². The summed E-state index contributed by atoms with van der Waals surface area (Å²) in [6, 6.07) is 15.1. The van der Waals surface area contributed by atoms with E-state index in [4.69, 9.17) is 0 Å². The van der Waals surface area contributed by atoms with Crippen molar-refractivity contribution < 1.29 is 9.50 Å². The minimum absolute atomic E-state index is 0.267. The number of hydrogen-bond acceptors (Lipinski definition) is 1. The Balaban J connectivity index is 1.65. The third-order valence-corrected chi connectivity index (χ3v) is 4.39. The summed E-state index contributed by atoms with van der Waals surface area (Å²) in [5.74, 6) is 0.472. The molecule has 3 rings (SSSR count). The summed E-state index contributed by atoms with van der Waals surface area (Å²) in [6.45, 7) is 0. The van der Waals surface area contributed by atoms with Crippen LogP contribution < -0.4 is 0 Å². The highest BCUT2D eigenvalue weighted by molar-refractivity contribution is 9.10. The molecule has 1 fully saturated rings. The Bertz CT molecular complexity index is 579. The second-order valence-corrected chi connectivity index (χ2v) is 6.38. The van der Waals surface area contributed by atoms with Crippen LogP contribution in [-0.4, -0.2) is 11.2 Å². The van der Waals surface area contributed by atoms with Crippen LogP contribution in [0.3, 0.4) is 0 Å². The normalized spacial score (nSPS) is 22.6. The lowest BCUT2D eigenvalue weighted by Gasteiger charge is -2.11. The Hall–Kier alpha value is -1.19. The second kappa shape index (κ2) is 5.66. The molecule has 1 saturated carbocycles. The SMILES string of the molecule is OC(Cc1cc(F)cc(Br)c1)C1CC1c1ccccc1. The number of hydrogen-bond donors (Lipinski definition) is 1. The van der Waals surface area contributed by atoms with E-state index in [-0.39, 0.29) is 5.82 Å². The van der Waals surface area contributed by atoms with Gasteiger partial charge in [0.05, 0.1) is 6.10 Å². The molecule has 3 atom stereocenters. The Morgan fingerprint density at radius 2 is 1.95 bits per heavy atom. The highest BCUT2D eigenvalue weighted by atomic mass is 79.9. The van der Waals surface area contributed by atoms with Crippen LogP contribution in [0, 0.1) is 11.7 Å². The van der Waals surface area contributed by atoms with Crippen molar-refractivity contribution in [1.82, 2.24) is 0 Å². The molecule has 1 aliphatic rings. The lowest BCUT2D eigenvalue weighted by Crippen LogP contribution is -2.14. The van der Waals surface area contributed by atoms with Crippen LogP contribution in [0.2, 0.25) is 0 Å². The van der Waals surface area contributed by atoms with Crippen LogP contribution in [-0.2, 0) is 6.42 Å². The summed E-state index contributed by atoms with van der Waals surface area (Å²) < 4.78 is 14.0. The molecular weight excluding hydrogens is 319 g/mol. The molecule has 0 saturated heterocycles. The summed E-state index contributed by atoms with van der Waals surface area (Å²) in [6.07, 6.45) is 1.11. The largest absolute Gasteiger partial charge is 0.392 e. The summed E-state index contributed by atoms with van der Waals surface area (Å²) in [4.78, 5) is 0. The first-order valence-electron chi connectivity index (χ1n) is 6.81. The number of halogens is 2. The van der Waals surface area contributed by atoms with E-state index < -0.39 is 6.10 Å². The van der Waals surface area contributed by atoms with Gasteiger partial charge in [-0.15, -0.1) is 0 Å². The Labute approximate surface area is 126 Å². The molecule has 3 unspecified atom stereocenters. The molecule has 0 amide bonds. The average molecular weight is 335 g/mol. The van der Waals surface area contributed by atoms with Crippen LogP contribution in [0.15, 0.2) is 53.0 Å². The van der Waals surface area contributed by atoms with Crippen LogP contribution in [0.1, 0.15) is 23.5 Å². The van der Waals surface area contributed by atoms with E-state index in [1.54, 1.807) is 0 Å². The maximum Gasteiger partial charge on any atom is 0.124 e. The topological polar surface area (TPSA) is 20.2 Å². The van der Waals surface area contributed by atoms with Crippen molar-refractivity contribution in [3.05, 3.63) is 69.9 Å². The second-order valence-electron chi connectivity index (χ2n) is 5.47. The molecule has 1 N–H and O–H groups in total. The van der Waals surface area contributed by atoms with E-state index >= 15 is 0 Å². The molecule has 0 aromatic heterocycles. The molecule has 104 valence electrons. The van der Waals surface area contributed by atoms with Gasteiger partial charge >= 0.3 is 0 Å². The van der Waals surface area contributed by atoms with Gasteiger partial charge in [-0.25, -0.2) is 4.39 Å². The quantitative estimate of drug-likeness (QED) is 0.883. The Morgan fingerprint density at radius 1 is 1.20 bits per heavy atom. The van der Waals surface area contributed by atoms with Crippen molar-refractivity contribution >= 4 is 15.9 Å². The Morgan fingerprint density at radius 3 is 2.65 bits per heavy atom. The van der Waals surface area contributed by atoms with Crippen molar-refractivity contribution in [2.24, 2.45) is 5.92 Å². The van der Waals surface area contributed by atoms with Gasteiger partial charge in [0, 0.05) is 4.47 Å². The molecule has 0 heterocycles. The third-order valence-electron chi connectivity index (χ3n) is 3.93. The van der Waals surface area contributed by atoms with Crippen molar-refractivity contribution in [2.45, 2.75) is 24.9 Å². The van der Waals surface area contributed by atoms with Crippen LogP contribution in [0.5, 0.6) is 0 Å². The first-order valence-corrected chi connectivity index (χ1v) is 7.61. The zero-order valence-corrected chi connectivity index (χ0v) is 12.6. The zero-order chi connectivity index (χ0) is 14.1. The molecule has 0 radical (unpaired) electrons. The fraction of sp³-hybridized carbons (Fsp3) is 0.294. The maximum atomic E-state index is 13.3. The van der Waals surface area contributed by atoms with Crippen molar-refractivity contribution in [2.75, 3.05) is 0 Å². The molecule has 3 heteroatoms. The Kier molecular flexibility index (Phi) is 3.90. The van der Waals surface area contributed by atoms with Gasteiger partial charge in [0.25, 0.3) is 0 Å². The fourth-order valence-corrected chi connectivity index (χ4v) is 3.36. The molecule has 0 spiro atoms. The monoisotopic (exact) mass is 334 g/mol. The van der Waals surface area contributed by atoms with E-state index in [0.717, 1.165) is 16.5 Å². The predicted octanol–water partition coefficient (Wildman–Crippen LogP) is 4.30. The molecule has 0 bridgehead atoms. The summed E-state index contributed by atoms with van der Waals surface area (Å²) in [5, 5.41) is 10.3. The van der Waals surface area contributed by atoms with Gasteiger partial charge in [-0.05, 0) is 54.0 Å². The van der Waals surface area contributed by atoms with E-state index in [9.17, 15) is 9.50 Å². The van der Waals surface area contributed by atoms with E-state index in [1.165, 1.54) is 17.7 Å². The highest BCUT2D eigenvalue weighted by Crippen LogP contribution is 2.50. The van der Waals surface area contributed by atoms with Crippen LogP contribution in [0.4, 0.5) is 4.39 Å². The molecule has 2 aromatic carbocycles. The summed E-state index contributed by atoms with van der Waals surface area (Å²) in [7, 11) is 0. The van der Waals surface area contributed by atoms with Crippen LogP contribution in [0.25, 0.3) is 0 Å². The van der Waals surface area contributed by atoms with Gasteiger partial charge in [0.15, 0.2) is 0 Å². The standard InChI is InChI=1S/C17H16BrFO/c18-13-6-11(7-14(19)9-13)8-17(20)16-10-15(16)12-4-2-1-3-5-12/h1-7,9,15-17,20H,8,10H2. The van der Waals surface area contributed by atoms with Crippen molar-refractivity contribution in [3.63, 3.8) is 0 Å². The maximum absolute atomic E-state index is 13.3. The highest BCUT2D eigenvalue weighted by Gasteiger charge is 2.42. The minimum Gasteiger partial charge on any atom is -0.392 e. The van der Waals surface area contributed by atoms with E-state index in [2.05, 4.69) is 28.1 Å². The number of rotatable bonds is 4. The molecule has 1 aliphatic carbocycles. The first kappa shape index (κ1) is 13.8. The molecule has 20 heavy (non-hydrogen) atoms. The lowest BCUT2D eigenvalue weighted by molar-refractivity contribution is 0.149. The average Bonchev–Trinajstić information content (AvgIpc) is 3.18. The third kappa shape index (κ3) is 3.10. The number of aliphatic hydroxyl groups excluding tert-OH is 1. The minimum atomic E-state index is -0.408. The first-order chi connectivity index (χ1) is 9.63. The molecular formula is C17H16BrFO. The molecule has 2 aromatic rings. The lowest BCUT2D eigenvalue weighted by atomic mass is 10.0. The van der Waals surface area contributed by atoms with Crippen molar-refractivity contribution in [1.29, 1.82) is 0 Å². The van der Waals surface area contributed by atoms with E-state index in [0.29, 0.717) is 18.3 Å². The van der Waals surface area contributed by atoms with Gasteiger partial charge in [-0.2, -0.15) is 0 Å². The van der Waals surface area contributed by atoms with Gasteiger partial charge in [-0.1, -0.05) is 46.3 Å². The fourth-order valence-electron chi connectivity index (χ4n) is 2.85. The predicted molar refractivity (Wildman–Crippen MR) is 81.1 cm³/mol. The molecule has 1 nitrogen and oxygen atoms in total. The summed E-state index contributed by atoms with van der Waals surface area (Å²) >= 11 is 3.28. The number of aliphatic hydroxyl groups is 1. The van der Waals surface area contributed by atoms with Gasteiger partial charge in [0.1, 0.15) is 5.82 Å². The smallest absolute Gasteiger partial charge is 0.124 e. The van der Waals surface area contributed by atoms with Gasteiger partial charge < -0.3 is 5.11 Å².